The number of halogens is 2. The maximum Gasteiger partial charge on any atom is 0.323 e. The van der Waals surface area contributed by atoms with Crippen molar-refractivity contribution in [2.24, 2.45) is 0 Å². The molecule has 0 aliphatic carbocycles. The molecule has 1 heterocycles. The smallest absolute Gasteiger partial charge is 0.323 e. The first-order valence-corrected chi connectivity index (χ1v) is 6.28. The second kappa shape index (κ2) is 4.81. The van der Waals surface area contributed by atoms with Crippen LogP contribution in [0.15, 0.2) is 4.79 Å². The van der Waals surface area contributed by atoms with E-state index in [0.717, 1.165) is 0 Å². The molecule has 1 aromatic rings. The largest absolute Gasteiger partial charge is 0.480 e. The second-order valence-electron chi connectivity index (χ2n) is 3.11. The minimum atomic E-state index is -0.906. The molecule has 0 aromatic carbocycles. The van der Waals surface area contributed by atoms with E-state index in [2.05, 4.69) is 0 Å². The first-order valence-electron chi connectivity index (χ1n) is 4.13. The molecule has 1 rings (SSSR count). The summed E-state index contributed by atoms with van der Waals surface area (Å²) in [4.78, 5) is 22.3. The van der Waals surface area contributed by atoms with Crippen LogP contribution in [0.25, 0.3) is 0 Å². The molecule has 82 valence electrons. The van der Waals surface area contributed by atoms with Gasteiger partial charge in [-0.15, -0.1) is 0 Å². The lowest BCUT2D eigenvalue weighted by molar-refractivity contribution is -0.137. The third-order valence-corrected chi connectivity index (χ3v) is 4.68. The average molecular weight is 433 g/mol. The average Bonchev–Trinajstić information content (AvgIpc) is 2.18. The molecule has 0 amide bonds. The zero-order valence-electron chi connectivity index (χ0n) is 8.17. The van der Waals surface area contributed by atoms with E-state index >= 15 is 0 Å². The van der Waals surface area contributed by atoms with Crippen molar-refractivity contribution in [2.75, 3.05) is 0 Å². The highest BCUT2D eigenvalue weighted by atomic mass is 127. The van der Waals surface area contributed by atoms with Crippen LogP contribution in [-0.2, 0) is 11.3 Å². The Balaban J connectivity index is 3.52. The van der Waals surface area contributed by atoms with Crippen LogP contribution in [0.2, 0.25) is 0 Å². The predicted octanol–water partition coefficient (Wildman–Crippen LogP) is 1.76. The Morgan fingerprint density at radius 1 is 1.27 bits per heavy atom. The van der Waals surface area contributed by atoms with Gasteiger partial charge in [0, 0.05) is 11.4 Å². The molecule has 0 spiro atoms. The normalized spacial score (nSPS) is 10.4. The Kier molecular flexibility index (Phi) is 4.15. The van der Waals surface area contributed by atoms with Gasteiger partial charge in [-0.1, -0.05) is 0 Å². The zero-order chi connectivity index (χ0) is 11.7. The lowest BCUT2D eigenvalue weighted by Crippen LogP contribution is -2.24. The highest BCUT2D eigenvalue weighted by Crippen LogP contribution is 2.15. The third kappa shape index (κ3) is 2.52. The summed E-state index contributed by atoms with van der Waals surface area (Å²) in [6.45, 7) is 3.41. The highest BCUT2D eigenvalue weighted by molar-refractivity contribution is 14.1. The molecule has 0 aliphatic heterocycles. The Labute approximate surface area is 114 Å². The maximum absolute atomic E-state index is 11.7. The van der Waals surface area contributed by atoms with Crippen LogP contribution in [0.3, 0.4) is 0 Å². The van der Waals surface area contributed by atoms with Gasteiger partial charge in [0.2, 0.25) is 5.43 Å². The van der Waals surface area contributed by atoms with E-state index in [1.54, 1.807) is 18.4 Å². The van der Waals surface area contributed by atoms with Gasteiger partial charge in [-0.2, -0.15) is 0 Å². The van der Waals surface area contributed by atoms with Crippen molar-refractivity contribution >= 4 is 51.2 Å². The lowest BCUT2D eigenvalue weighted by Gasteiger charge is -2.14. The van der Waals surface area contributed by atoms with Crippen molar-refractivity contribution < 1.29 is 9.90 Å². The number of hydrogen-bond acceptors (Lipinski definition) is 2. The van der Waals surface area contributed by atoms with Crippen molar-refractivity contribution in [3.8, 4) is 0 Å². The minimum Gasteiger partial charge on any atom is -0.480 e. The van der Waals surface area contributed by atoms with Crippen molar-refractivity contribution in [1.82, 2.24) is 4.57 Å². The molecular formula is C9H9I2NO3. The number of carbonyl (C=O) groups is 1. The lowest BCUT2D eigenvalue weighted by atomic mass is 10.3. The van der Waals surface area contributed by atoms with Crippen LogP contribution >= 0.6 is 45.2 Å². The van der Waals surface area contributed by atoms with E-state index in [1.807, 2.05) is 45.2 Å². The van der Waals surface area contributed by atoms with Crippen LogP contribution in [0, 0.1) is 21.0 Å². The van der Waals surface area contributed by atoms with Gasteiger partial charge in [0.05, 0.1) is 7.14 Å². The zero-order valence-corrected chi connectivity index (χ0v) is 12.5. The Bertz CT molecular complexity index is 447. The van der Waals surface area contributed by atoms with E-state index in [-0.39, 0.29) is 12.0 Å². The summed E-state index contributed by atoms with van der Waals surface area (Å²) in [5.74, 6) is -0.906. The molecule has 0 bridgehead atoms. The quantitative estimate of drug-likeness (QED) is 0.724. The number of aliphatic carboxylic acids is 1. The van der Waals surface area contributed by atoms with E-state index in [9.17, 15) is 9.59 Å². The molecule has 0 fully saturated rings. The number of hydrogen-bond donors (Lipinski definition) is 1. The molecule has 0 aliphatic rings. The number of carboxylic acids is 1. The standard InChI is InChI=1S/C9H9I2NO3/c1-4-7(10)9(15)8(11)5(2)12(4)3-6(13)14/h3H2,1-2H3,(H,13,14). The molecule has 0 saturated carbocycles. The Hall–Kier alpha value is -0.120. The summed E-state index contributed by atoms with van der Waals surface area (Å²) < 4.78 is 2.82. The van der Waals surface area contributed by atoms with Crippen molar-refractivity contribution in [1.29, 1.82) is 0 Å². The van der Waals surface area contributed by atoms with Crippen LogP contribution in [0.4, 0.5) is 0 Å². The SMILES string of the molecule is Cc1c(I)c(=O)c(I)c(C)n1CC(=O)O. The molecule has 15 heavy (non-hydrogen) atoms. The third-order valence-electron chi connectivity index (χ3n) is 2.14. The van der Waals surface area contributed by atoms with Gasteiger partial charge in [0.25, 0.3) is 0 Å². The number of nitrogens with zero attached hydrogens (tertiary/aromatic N) is 1. The van der Waals surface area contributed by atoms with Crippen molar-refractivity contribution in [2.45, 2.75) is 20.4 Å². The topological polar surface area (TPSA) is 59.3 Å². The van der Waals surface area contributed by atoms with Gasteiger partial charge in [-0.3, -0.25) is 9.59 Å². The summed E-state index contributed by atoms with van der Waals surface area (Å²) in [5, 5.41) is 8.76. The summed E-state index contributed by atoms with van der Waals surface area (Å²) in [6, 6.07) is 0. The van der Waals surface area contributed by atoms with Crippen molar-refractivity contribution in [3.63, 3.8) is 0 Å². The fraction of sp³-hybridized carbons (Fsp3) is 0.333. The van der Waals surface area contributed by atoms with Crippen LogP contribution < -0.4 is 5.43 Å². The number of rotatable bonds is 2. The van der Waals surface area contributed by atoms with Gasteiger partial charge in [-0.25, -0.2) is 0 Å². The van der Waals surface area contributed by atoms with Gasteiger partial charge in [0.1, 0.15) is 6.54 Å². The first kappa shape index (κ1) is 12.9. The molecular weight excluding hydrogens is 424 g/mol. The van der Waals surface area contributed by atoms with E-state index < -0.39 is 5.97 Å². The first-order chi connectivity index (χ1) is 6.86. The molecule has 0 unspecified atom stereocenters. The number of pyridine rings is 1. The Morgan fingerprint density at radius 3 is 2.00 bits per heavy atom. The summed E-state index contributed by atoms with van der Waals surface area (Å²) in [6.07, 6.45) is 0. The molecule has 6 heteroatoms. The van der Waals surface area contributed by atoms with E-state index in [0.29, 0.717) is 18.5 Å². The molecule has 1 N–H and O–H groups in total. The molecule has 0 radical (unpaired) electrons. The maximum atomic E-state index is 11.7. The summed E-state index contributed by atoms with van der Waals surface area (Å²) >= 11 is 3.90. The predicted molar refractivity (Wildman–Crippen MR) is 73.2 cm³/mol. The van der Waals surface area contributed by atoms with Crippen LogP contribution in [0.5, 0.6) is 0 Å². The Morgan fingerprint density at radius 2 is 1.67 bits per heavy atom. The number of aromatic nitrogens is 1. The molecule has 4 nitrogen and oxygen atoms in total. The molecule has 1 aromatic heterocycles. The van der Waals surface area contributed by atoms with Gasteiger partial charge < -0.3 is 9.67 Å². The highest BCUT2D eigenvalue weighted by Gasteiger charge is 2.14. The van der Waals surface area contributed by atoms with E-state index in [1.165, 1.54) is 0 Å². The monoisotopic (exact) mass is 433 g/mol. The fourth-order valence-corrected chi connectivity index (χ4v) is 2.92. The van der Waals surface area contributed by atoms with Crippen molar-refractivity contribution in [3.05, 3.63) is 28.8 Å². The van der Waals surface area contributed by atoms with Crippen LogP contribution in [-0.4, -0.2) is 15.6 Å². The van der Waals surface area contributed by atoms with Crippen LogP contribution in [0.1, 0.15) is 11.4 Å². The fourth-order valence-electron chi connectivity index (χ4n) is 1.29. The van der Waals surface area contributed by atoms with Gasteiger partial charge in [-0.05, 0) is 59.0 Å². The summed E-state index contributed by atoms with van der Waals surface area (Å²) in [5.41, 5.74) is 1.40. The van der Waals surface area contributed by atoms with Gasteiger partial charge >= 0.3 is 5.97 Å². The van der Waals surface area contributed by atoms with E-state index in [4.69, 9.17) is 5.11 Å². The van der Waals surface area contributed by atoms with Gasteiger partial charge in [0.15, 0.2) is 0 Å². The molecule has 0 saturated heterocycles. The molecule has 0 atom stereocenters. The number of carboxylic acid groups (broad SMARTS) is 1. The minimum absolute atomic E-state index is 0.0205. The second-order valence-corrected chi connectivity index (χ2v) is 5.27. The summed E-state index contributed by atoms with van der Waals surface area (Å²) in [7, 11) is 0.